The van der Waals surface area contributed by atoms with Gasteiger partial charge in [-0.1, -0.05) is 43.5 Å². The summed E-state index contributed by atoms with van der Waals surface area (Å²) in [5, 5.41) is 10.1. The third-order valence-corrected chi connectivity index (χ3v) is 6.66. The number of hydrogen-bond donors (Lipinski definition) is 1. The van der Waals surface area contributed by atoms with Crippen LogP contribution >= 0.6 is 11.3 Å². The number of rotatable bonds is 10. The van der Waals surface area contributed by atoms with Crippen LogP contribution in [0.5, 0.6) is 17.2 Å². The molecule has 0 unspecified atom stereocenters. The number of nitrogens with zero attached hydrogens (tertiary/aromatic N) is 1. The summed E-state index contributed by atoms with van der Waals surface area (Å²) in [5.41, 5.74) is 0.534. The summed E-state index contributed by atoms with van der Waals surface area (Å²) in [7, 11) is 0. The highest BCUT2D eigenvalue weighted by atomic mass is 32.1. The molecule has 0 atom stereocenters. The molecule has 4 rings (SSSR count). The number of carbonyl (C=O) groups excluding carboxylic acids is 1. The molecule has 1 N–H and O–H groups in total. The molecule has 5 nitrogen and oxygen atoms in total. The second-order valence-corrected chi connectivity index (χ2v) is 9.19. The molecule has 1 aromatic heterocycles. The van der Waals surface area contributed by atoms with Crippen molar-refractivity contribution in [3.63, 3.8) is 0 Å². The number of ketones is 1. The number of hydrogen-bond acceptors (Lipinski definition) is 6. The molecule has 3 aromatic rings. The third kappa shape index (κ3) is 5.55. The second-order valence-electron chi connectivity index (χ2n) is 8.14. The van der Waals surface area contributed by atoms with Crippen molar-refractivity contribution in [3.8, 4) is 17.2 Å². The van der Waals surface area contributed by atoms with Crippen molar-refractivity contribution in [2.45, 2.75) is 0 Å². The number of aliphatic hydroxyl groups is 1. The predicted octanol–water partition coefficient (Wildman–Crippen LogP) is 4.31. The first kappa shape index (κ1) is 23.7. The molecule has 0 saturated carbocycles. The number of alkyl halides is 1. The van der Waals surface area contributed by atoms with Crippen LogP contribution in [0.2, 0.25) is 0 Å². The van der Waals surface area contributed by atoms with Crippen LogP contribution in [0, 0.1) is 5.92 Å². The Hall–Kier alpha value is -3.42. The highest BCUT2D eigenvalue weighted by molar-refractivity contribution is 7.12. The minimum atomic E-state index is -0.259. The van der Waals surface area contributed by atoms with Gasteiger partial charge >= 0.3 is 0 Å². The zero-order chi connectivity index (χ0) is 24.1. The quantitative estimate of drug-likeness (QED) is 0.347. The Morgan fingerprint density at radius 3 is 2.47 bits per heavy atom. The van der Waals surface area contributed by atoms with Gasteiger partial charge in [0.2, 0.25) is 5.78 Å². The van der Waals surface area contributed by atoms with Crippen LogP contribution in [-0.2, 0) is 0 Å². The number of halogens is 1. The van der Waals surface area contributed by atoms with E-state index in [0.717, 1.165) is 19.6 Å². The molecule has 0 radical (unpaired) electrons. The van der Waals surface area contributed by atoms with Crippen LogP contribution in [0.3, 0.4) is 0 Å². The highest BCUT2D eigenvalue weighted by Crippen LogP contribution is 2.28. The smallest absolute Gasteiger partial charge is 0.206 e. The number of thiophene rings is 1. The van der Waals surface area contributed by atoms with Gasteiger partial charge in [-0.15, -0.1) is 11.3 Å². The first-order valence-corrected chi connectivity index (χ1v) is 11.8. The van der Waals surface area contributed by atoms with Crippen LogP contribution in [0.1, 0.15) is 15.2 Å². The highest BCUT2D eigenvalue weighted by Gasteiger charge is 2.25. The molecule has 176 valence electrons. The standard InChI is InChI=1S/C27H26FNO4S/c1-18(30)14-24-19(2)26(27(34-24)25(31)21-6-4-3-5-7-21)33-23-10-8-22(9-11-23)32-13-12-29-16-20(15-28)17-29/h3-11,14,20,30H,1-2,12-13,15-17H2/b24-14+. The zero-order valence-electron chi connectivity index (χ0n) is 18.7. The minimum Gasteiger partial charge on any atom is -0.509 e. The van der Waals surface area contributed by atoms with E-state index in [2.05, 4.69) is 18.1 Å². The summed E-state index contributed by atoms with van der Waals surface area (Å²) in [5.74, 6) is 1.42. The lowest BCUT2D eigenvalue weighted by atomic mass is 10.0. The Kier molecular flexibility index (Phi) is 7.45. The van der Waals surface area contributed by atoms with Crippen LogP contribution in [0.25, 0.3) is 12.7 Å². The fourth-order valence-electron chi connectivity index (χ4n) is 3.68. The van der Waals surface area contributed by atoms with Crippen molar-refractivity contribution < 1.29 is 23.8 Å². The fraction of sp³-hybridized carbons (Fsp3) is 0.222. The molecule has 0 amide bonds. The predicted molar refractivity (Wildman–Crippen MR) is 133 cm³/mol. The number of benzene rings is 2. The van der Waals surface area contributed by atoms with Gasteiger partial charge in [0.05, 0.1) is 6.67 Å². The van der Waals surface area contributed by atoms with Gasteiger partial charge in [0, 0.05) is 40.9 Å². The van der Waals surface area contributed by atoms with Gasteiger partial charge in [-0.3, -0.25) is 14.1 Å². The Labute approximate surface area is 201 Å². The SMILES string of the molecule is C=C(O)/C=c1/sc(C(=O)c2ccccc2)c(Oc2ccc(OCCN3CC(CF)C3)cc2)c1=C. The van der Waals surface area contributed by atoms with Crippen molar-refractivity contribution >= 4 is 29.8 Å². The third-order valence-electron chi connectivity index (χ3n) is 5.50. The second kappa shape index (κ2) is 10.7. The molecule has 7 heteroatoms. The van der Waals surface area contributed by atoms with Gasteiger partial charge in [0.25, 0.3) is 0 Å². The van der Waals surface area contributed by atoms with E-state index in [0.29, 0.717) is 44.0 Å². The number of likely N-dealkylation sites (tertiary alicyclic amines) is 1. The van der Waals surface area contributed by atoms with Gasteiger partial charge in [-0.05, 0) is 30.3 Å². The summed E-state index contributed by atoms with van der Waals surface area (Å²) in [6.45, 7) is 10.2. The largest absolute Gasteiger partial charge is 0.509 e. The van der Waals surface area contributed by atoms with E-state index in [1.165, 1.54) is 17.4 Å². The van der Waals surface area contributed by atoms with Crippen LogP contribution < -0.4 is 19.2 Å². The summed E-state index contributed by atoms with van der Waals surface area (Å²) in [4.78, 5) is 15.7. The fourth-order valence-corrected chi connectivity index (χ4v) is 4.78. The lowest BCUT2D eigenvalue weighted by molar-refractivity contribution is 0.0668. The molecular weight excluding hydrogens is 453 g/mol. The Balaban J connectivity index is 1.49. The first-order valence-electron chi connectivity index (χ1n) is 10.9. The molecule has 34 heavy (non-hydrogen) atoms. The van der Waals surface area contributed by atoms with Crippen molar-refractivity contribution in [1.82, 2.24) is 4.90 Å². The molecule has 2 aromatic carbocycles. The lowest BCUT2D eigenvalue weighted by Gasteiger charge is -2.37. The van der Waals surface area contributed by atoms with E-state index in [-0.39, 0.29) is 24.1 Å². The molecule has 0 bridgehead atoms. The normalized spacial score (nSPS) is 14.6. The van der Waals surface area contributed by atoms with Gasteiger partial charge in [0.1, 0.15) is 28.7 Å². The Morgan fingerprint density at radius 2 is 1.82 bits per heavy atom. The number of carbonyl (C=O) groups is 1. The summed E-state index contributed by atoms with van der Waals surface area (Å²) in [6, 6.07) is 16.1. The molecule has 1 aliphatic heterocycles. The van der Waals surface area contributed by atoms with Crippen molar-refractivity contribution in [2.75, 3.05) is 32.9 Å². The van der Waals surface area contributed by atoms with Gasteiger partial charge in [-0.25, -0.2) is 0 Å². The monoisotopic (exact) mass is 479 g/mol. The number of ether oxygens (including phenoxy) is 2. The van der Waals surface area contributed by atoms with E-state index in [1.54, 1.807) is 48.5 Å². The molecule has 2 heterocycles. The minimum absolute atomic E-state index is 0.128. The van der Waals surface area contributed by atoms with Gasteiger partial charge in [-0.2, -0.15) is 0 Å². The Morgan fingerprint density at radius 1 is 1.15 bits per heavy atom. The molecule has 0 spiro atoms. The van der Waals surface area contributed by atoms with Crippen LogP contribution in [0.4, 0.5) is 4.39 Å². The lowest BCUT2D eigenvalue weighted by Crippen LogP contribution is -2.49. The summed E-state index contributed by atoms with van der Waals surface area (Å²) < 4.78 is 25.0. The average molecular weight is 480 g/mol. The van der Waals surface area contributed by atoms with E-state index >= 15 is 0 Å². The molecular formula is C27H26FNO4S. The summed E-state index contributed by atoms with van der Waals surface area (Å²) in [6.07, 6.45) is 1.46. The topological polar surface area (TPSA) is 59.0 Å². The maximum Gasteiger partial charge on any atom is 0.206 e. The van der Waals surface area contributed by atoms with E-state index in [9.17, 15) is 14.3 Å². The summed E-state index contributed by atoms with van der Waals surface area (Å²) >= 11 is 1.20. The Bertz CT molecular complexity index is 1260. The molecule has 1 saturated heterocycles. The zero-order valence-corrected chi connectivity index (χ0v) is 19.5. The molecule has 1 aliphatic rings. The van der Waals surface area contributed by atoms with E-state index in [1.807, 2.05) is 6.07 Å². The van der Waals surface area contributed by atoms with E-state index < -0.39 is 0 Å². The van der Waals surface area contributed by atoms with Crippen molar-refractivity contribution in [3.05, 3.63) is 87.1 Å². The first-order chi connectivity index (χ1) is 16.4. The van der Waals surface area contributed by atoms with Crippen molar-refractivity contribution in [1.29, 1.82) is 0 Å². The average Bonchev–Trinajstić information content (AvgIpc) is 3.11. The number of allylic oxidation sites excluding steroid dienone is 1. The van der Waals surface area contributed by atoms with Gasteiger partial charge in [0.15, 0.2) is 5.75 Å². The number of aliphatic hydroxyl groups excluding tert-OH is 1. The van der Waals surface area contributed by atoms with Crippen LogP contribution in [0.15, 0.2) is 66.9 Å². The van der Waals surface area contributed by atoms with Crippen LogP contribution in [-0.4, -0.2) is 48.7 Å². The van der Waals surface area contributed by atoms with Gasteiger partial charge < -0.3 is 14.6 Å². The molecule has 0 aliphatic carbocycles. The van der Waals surface area contributed by atoms with E-state index in [4.69, 9.17) is 9.47 Å². The maximum atomic E-state index is 13.2. The maximum absolute atomic E-state index is 13.2. The van der Waals surface area contributed by atoms with Crippen molar-refractivity contribution in [2.24, 2.45) is 5.92 Å². The molecule has 1 fully saturated rings.